The lowest BCUT2D eigenvalue weighted by atomic mass is 10.1. The van der Waals surface area contributed by atoms with E-state index in [2.05, 4.69) is 20.1 Å². The fraction of sp³-hybridized carbons (Fsp3) is 0.240. The highest BCUT2D eigenvalue weighted by molar-refractivity contribution is 8.13. The van der Waals surface area contributed by atoms with Gasteiger partial charge < -0.3 is 15.5 Å². The molecule has 1 fully saturated rings. The highest BCUT2D eigenvalue weighted by Crippen LogP contribution is 2.30. The Labute approximate surface area is 206 Å². The van der Waals surface area contributed by atoms with Crippen LogP contribution in [0.15, 0.2) is 83.1 Å². The molecule has 2 N–H and O–H groups in total. The third kappa shape index (κ3) is 6.75. The molecule has 3 aromatic rings. The molecule has 1 saturated heterocycles. The van der Waals surface area contributed by atoms with Crippen LogP contribution in [0.1, 0.15) is 16.7 Å². The average molecular weight is 499 g/mol. The summed E-state index contributed by atoms with van der Waals surface area (Å²) in [5, 5.41) is 8.68. The summed E-state index contributed by atoms with van der Waals surface area (Å²) in [6, 6.07) is 20.4. The van der Waals surface area contributed by atoms with Crippen LogP contribution in [-0.4, -0.2) is 42.5 Å². The average Bonchev–Trinajstić information content (AvgIpc) is 2.88. The fourth-order valence-corrected chi connectivity index (χ4v) is 4.32. The maximum atomic E-state index is 12.8. The van der Waals surface area contributed by atoms with Gasteiger partial charge in [0.2, 0.25) is 0 Å². The van der Waals surface area contributed by atoms with Crippen molar-refractivity contribution in [3.8, 4) is 0 Å². The molecule has 10 heteroatoms. The largest absolute Gasteiger partial charge is 0.417 e. The number of aromatic nitrogens is 1. The molecule has 0 saturated carbocycles. The van der Waals surface area contributed by atoms with Crippen molar-refractivity contribution >= 4 is 34.6 Å². The first-order valence-electron chi connectivity index (χ1n) is 11.1. The van der Waals surface area contributed by atoms with E-state index < -0.39 is 11.7 Å². The molecule has 0 unspecified atom stereocenters. The van der Waals surface area contributed by atoms with Crippen LogP contribution in [-0.2, 0) is 11.9 Å². The Hall–Kier alpha value is -3.53. The van der Waals surface area contributed by atoms with Crippen LogP contribution in [0, 0.1) is 0 Å². The van der Waals surface area contributed by atoms with E-state index in [1.807, 2.05) is 59.5 Å². The number of thioether (sulfide) groups is 1. The zero-order chi connectivity index (χ0) is 24.7. The van der Waals surface area contributed by atoms with E-state index in [9.17, 15) is 13.2 Å². The number of piperazine rings is 1. The summed E-state index contributed by atoms with van der Waals surface area (Å²) in [4.78, 5) is 8.22. The summed E-state index contributed by atoms with van der Waals surface area (Å²) < 4.78 is 38.4. The van der Waals surface area contributed by atoms with Crippen molar-refractivity contribution in [1.82, 2.24) is 4.98 Å². The SMILES string of the molecule is NC(=NN=Cc1ccccc1N1CCN(c2ccc(C(F)(F)F)cn2)CC1)SCc1ccccc1. The summed E-state index contributed by atoms with van der Waals surface area (Å²) >= 11 is 1.43. The number of hydrogen-bond acceptors (Lipinski definition) is 6. The Morgan fingerprint density at radius 3 is 2.31 bits per heavy atom. The van der Waals surface area contributed by atoms with Crippen LogP contribution in [0.2, 0.25) is 0 Å². The second-order valence-corrected chi connectivity index (χ2v) is 8.89. The van der Waals surface area contributed by atoms with Gasteiger partial charge in [-0.05, 0) is 23.8 Å². The lowest BCUT2D eigenvalue weighted by Crippen LogP contribution is -2.47. The zero-order valence-electron chi connectivity index (χ0n) is 18.9. The Morgan fingerprint density at radius 2 is 1.63 bits per heavy atom. The van der Waals surface area contributed by atoms with Crippen LogP contribution >= 0.6 is 11.8 Å². The Bertz CT molecular complexity index is 1160. The van der Waals surface area contributed by atoms with Gasteiger partial charge in [0.15, 0.2) is 5.17 Å². The smallest absolute Gasteiger partial charge is 0.377 e. The molecule has 0 atom stereocenters. The van der Waals surface area contributed by atoms with E-state index >= 15 is 0 Å². The lowest BCUT2D eigenvalue weighted by molar-refractivity contribution is -0.137. The van der Waals surface area contributed by atoms with E-state index in [0.29, 0.717) is 37.2 Å². The number of para-hydroxylation sites is 1. The molecule has 2 heterocycles. The maximum absolute atomic E-state index is 12.8. The standard InChI is InChI=1S/C25H25F3N6S/c26-25(27,28)21-10-11-23(30-17-21)34-14-12-33(13-15-34)22-9-5-4-8-20(22)16-31-32-24(29)35-18-19-6-2-1-3-7-19/h1-11,16-17H,12-15,18H2,(H2,29,32). The quantitative estimate of drug-likeness (QED) is 0.294. The molecule has 35 heavy (non-hydrogen) atoms. The van der Waals surface area contributed by atoms with Crippen LogP contribution in [0.4, 0.5) is 24.7 Å². The van der Waals surface area contributed by atoms with Crippen molar-refractivity contribution in [2.75, 3.05) is 36.0 Å². The van der Waals surface area contributed by atoms with Crippen LogP contribution in [0.25, 0.3) is 0 Å². The lowest BCUT2D eigenvalue weighted by Gasteiger charge is -2.37. The van der Waals surface area contributed by atoms with Crippen molar-refractivity contribution in [3.63, 3.8) is 0 Å². The molecule has 1 aromatic heterocycles. The summed E-state index contributed by atoms with van der Waals surface area (Å²) in [5.41, 5.74) is 8.34. The van der Waals surface area contributed by atoms with Gasteiger partial charge >= 0.3 is 6.18 Å². The number of anilines is 2. The third-order valence-electron chi connectivity index (χ3n) is 5.54. The van der Waals surface area contributed by atoms with Crippen molar-refractivity contribution in [2.24, 2.45) is 15.9 Å². The Morgan fingerprint density at radius 1 is 0.943 bits per heavy atom. The molecule has 0 aliphatic carbocycles. The normalized spacial score (nSPS) is 15.1. The molecule has 2 aromatic carbocycles. The minimum absolute atomic E-state index is 0.389. The molecular weight excluding hydrogens is 473 g/mol. The monoisotopic (exact) mass is 498 g/mol. The topological polar surface area (TPSA) is 70.1 Å². The van der Waals surface area contributed by atoms with Crippen molar-refractivity contribution in [1.29, 1.82) is 0 Å². The Balaban J connectivity index is 1.35. The number of halogens is 3. The van der Waals surface area contributed by atoms with E-state index in [1.54, 1.807) is 6.21 Å². The number of nitrogens with two attached hydrogens (primary N) is 1. The van der Waals surface area contributed by atoms with E-state index in [1.165, 1.54) is 17.8 Å². The minimum Gasteiger partial charge on any atom is -0.377 e. The number of rotatable bonds is 6. The summed E-state index contributed by atoms with van der Waals surface area (Å²) in [5.74, 6) is 1.27. The Kier molecular flexibility index (Phi) is 7.91. The number of pyridine rings is 1. The van der Waals surface area contributed by atoms with Gasteiger partial charge in [0.05, 0.1) is 11.8 Å². The molecule has 0 radical (unpaired) electrons. The van der Waals surface area contributed by atoms with Crippen LogP contribution in [0.3, 0.4) is 0 Å². The van der Waals surface area contributed by atoms with Gasteiger partial charge in [0.25, 0.3) is 0 Å². The zero-order valence-corrected chi connectivity index (χ0v) is 19.7. The summed E-state index contributed by atoms with van der Waals surface area (Å²) in [6.45, 7) is 2.69. The van der Waals surface area contributed by atoms with Gasteiger partial charge in [-0.2, -0.15) is 18.3 Å². The van der Waals surface area contributed by atoms with Gasteiger partial charge in [-0.15, -0.1) is 5.10 Å². The predicted octanol–water partition coefficient (Wildman–Crippen LogP) is 5.01. The molecule has 0 bridgehead atoms. The van der Waals surface area contributed by atoms with Gasteiger partial charge in [-0.3, -0.25) is 0 Å². The first-order chi connectivity index (χ1) is 16.9. The predicted molar refractivity (Wildman–Crippen MR) is 137 cm³/mol. The van der Waals surface area contributed by atoms with Crippen LogP contribution < -0.4 is 15.5 Å². The molecule has 0 spiro atoms. The number of benzene rings is 2. The van der Waals surface area contributed by atoms with Gasteiger partial charge in [0.1, 0.15) is 5.82 Å². The van der Waals surface area contributed by atoms with E-state index in [-0.39, 0.29) is 0 Å². The van der Waals surface area contributed by atoms with Crippen molar-refractivity contribution in [3.05, 3.63) is 89.6 Å². The highest BCUT2D eigenvalue weighted by atomic mass is 32.2. The molecule has 4 rings (SSSR count). The van der Waals surface area contributed by atoms with Gasteiger partial charge in [-0.25, -0.2) is 4.98 Å². The fourth-order valence-electron chi connectivity index (χ4n) is 3.71. The highest BCUT2D eigenvalue weighted by Gasteiger charge is 2.31. The summed E-state index contributed by atoms with van der Waals surface area (Å²) in [6.07, 6.45) is -1.81. The second-order valence-electron chi connectivity index (χ2n) is 7.89. The number of nitrogens with zero attached hydrogens (tertiary/aromatic N) is 5. The first kappa shape index (κ1) is 24.6. The second kappa shape index (κ2) is 11.3. The molecule has 0 amide bonds. The third-order valence-corrected chi connectivity index (χ3v) is 6.39. The van der Waals surface area contributed by atoms with E-state index in [4.69, 9.17) is 5.73 Å². The number of alkyl halides is 3. The molecule has 6 nitrogen and oxygen atoms in total. The molecule has 1 aliphatic rings. The first-order valence-corrected chi connectivity index (χ1v) is 12.0. The molecule has 182 valence electrons. The van der Waals surface area contributed by atoms with Crippen molar-refractivity contribution < 1.29 is 13.2 Å². The maximum Gasteiger partial charge on any atom is 0.417 e. The van der Waals surface area contributed by atoms with E-state index in [0.717, 1.165) is 34.8 Å². The number of hydrogen-bond donors (Lipinski definition) is 1. The number of amidine groups is 1. The summed E-state index contributed by atoms with van der Waals surface area (Å²) in [7, 11) is 0. The van der Waals surface area contributed by atoms with Crippen LogP contribution in [0.5, 0.6) is 0 Å². The van der Waals surface area contributed by atoms with Gasteiger partial charge in [0, 0.05) is 49.4 Å². The molecular formula is C25H25F3N6S. The minimum atomic E-state index is -4.38. The van der Waals surface area contributed by atoms with Crippen molar-refractivity contribution in [2.45, 2.75) is 11.9 Å². The molecule has 1 aliphatic heterocycles. The van der Waals surface area contributed by atoms with Gasteiger partial charge in [-0.1, -0.05) is 60.3 Å².